The summed E-state index contributed by atoms with van der Waals surface area (Å²) in [6, 6.07) is 16.3. The van der Waals surface area contributed by atoms with Gasteiger partial charge in [-0.05, 0) is 67.3 Å². The van der Waals surface area contributed by atoms with E-state index >= 15 is 4.39 Å². The summed E-state index contributed by atoms with van der Waals surface area (Å²) in [7, 11) is 1.69. The van der Waals surface area contributed by atoms with Crippen LogP contribution in [0, 0.1) is 11.2 Å². The smallest absolute Gasteiger partial charge is 0.240 e. The first kappa shape index (κ1) is 35.2. The molecule has 5 rings (SSSR count). The molecular formula is C37H41FN4O4S. The van der Waals surface area contributed by atoms with E-state index in [-0.39, 0.29) is 11.4 Å². The Morgan fingerprint density at radius 2 is 1.85 bits per heavy atom. The zero-order chi connectivity index (χ0) is 33.8. The van der Waals surface area contributed by atoms with Crippen molar-refractivity contribution in [2.45, 2.75) is 33.1 Å². The second-order valence-corrected chi connectivity index (χ2v) is 11.7. The third kappa shape index (κ3) is 8.79. The van der Waals surface area contributed by atoms with Crippen molar-refractivity contribution in [2.24, 2.45) is 5.41 Å². The van der Waals surface area contributed by atoms with E-state index in [1.165, 1.54) is 41.2 Å². The standard InChI is InChI=1S/C35H35FN4O4S.C2H6/c1-4-7-25(5-2)39-33(41)35(14-15-35)34(42)40-26-10-11-29(27(36)21-26)44-30-13-17-38-28-22-31(45-32(28)30)24-9-6-8-23(20-24)12-16-37-18-19-43-3;1-2/h4-11,13,17,20-22,37H,1-2,12,14-16,18-19H2,3H3,(H,39,41)(H,40,42);1-2H3/b25-7+;. The Bertz CT molecular complexity index is 1760. The van der Waals surface area contributed by atoms with Gasteiger partial charge in [0.1, 0.15) is 11.2 Å². The van der Waals surface area contributed by atoms with Crippen molar-refractivity contribution in [1.29, 1.82) is 0 Å². The van der Waals surface area contributed by atoms with Crippen molar-refractivity contribution in [3.05, 3.63) is 109 Å². The maximum atomic E-state index is 15.2. The van der Waals surface area contributed by atoms with Crippen molar-refractivity contribution < 1.29 is 23.5 Å². The van der Waals surface area contributed by atoms with Gasteiger partial charge < -0.3 is 25.4 Å². The highest BCUT2D eigenvalue weighted by molar-refractivity contribution is 7.22. The Morgan fingerprint density at radius 1 is 1.04 bits per heavy atom. The van der Waals surface area contributed by atoms with Crippen LogP contribution in [0.25, 0.3) is 20.7 Å². The molecule has 0 bridgehead atoms. The quantitative estimate of drug-likeness (QED) is 0.0686. The zero-order valence-electron chi connectivity index (χ0n) is 27.0. The van der Waals surface area contributed by atoms with Gasteiger partial charge in [-0.1, -0.05) is 57.3 Å². The van der Waals surface area contributed by atoms with Crippen molar-refractivity contribution in [1.82, 2.24) is 15.6 Å². The molecule has 4 aromatic rings. The molecule has 1 saturated carbocycles. The number of methoxy groups -OCH3 is 1. The molecule has 47 heavy (non-hydrogen) atoms. The highest BCUT2D eigenvalue weighted by Gasteiger charge is 2.56. The number of ether oxygens (including phenoxy) is 2. The first-order chi connectivity index (χ1) is 22.9. The van der Waals surface area contributed by atoms with Crippen molar-refractivity contribution in [2.75, 3.05) is 32.1 Å². The lowest BCUT2D eigenvalue weighted by Crippen LogP contribution is -2.39. The summed E-state index contributed by atoms with van der Waals surface area (Å²) >= 11 is 1.53. The fourth-order valence-corrected chi connectivity index (χ4v) is 5.86. The number of anilines is 1. The molecule has 2 aromatic carbocycles. The van der Waals surface area contributed by atoms with Gasteiger partial charge in [-0.25, -0.2) is 4.39 Å². The Morgan fingerprint density at radius 3 is 2.55 bits per heavy atom. The van der Waals surface area contributed by atoms with E-state index in [2.05, 4.69) is 52.3 Å². The number of carbonyl (C=O) groups is 2. The van der Waals surface area contributed by atoms with Crippen LogP contribution >= 0.6 is 11.3 Å². The SMILES string of the molecule is C=C/C=C(\C=C)NC(=O)C1(C(=O)Nc2ccc(Oc3ccnc4cc(-c5cccc(CCNCCOC)c5)sc34)c(F)c2)CC1.CC. The third-order valence-electron chi connectivity index (χ3n) is 7.46. The number of benzene rings is 2. The number of pyridine rings is 1. The normalized spacial score (nSPS) is 13.2. The van der Waals surface area contributed by atoms with Gasteiger partial charge in [0.15, 0.2) is 11.6 Å². The summed E-state index contributed by atoms with van der Waals surface area (Å²) in [5.74, 6) is -1.11. The molecule has 0 unspecified atom stereocenters. The minimum absolute atomic E-state index is 0.00230. The molecule has 0 radical (unpaired) electrons. The fraction of sp³-hybridized carbons (Fsp3) is 0.270. The summed E-state index contributed by atoms with van der Waals surface area (Å²) in [4.78, 5) is 31.4. The van der Waals surface area contributed by atoms with E-state index in [0.29, 0.717) is 30.9 Å². The van der Waals surface area contributed by atoms with E-state index in [9.17, 15) is 9.59 Å². The molecule has 2 amide bonds. The molecule has 3 N–H and O–H groups in total. The molecule has 10 heteroatoms. The average molecular weight is 657 g/mol. The predicted molar refractivity (Wildman–Crippen MR) is 188 cm³/mol. The van der Waals surface area contributed by atoms with Crippen LogP contribution in [0.5, 0.6) is 11.5 Å². The maximum Gasteiger partial charge on any atom is 0.240 e. The van der Waals surface area contributed by atoms with Gasteiger partial charge in [0, 0.05) is 48.2 Å². The number of rotatable bonds is 15. The number of carbonyl (C=O) groups excluding carboxylic acids is 2. The summed E-state index contributed by atoms with van der Waals surface area (Å²) in [6.45, 7) is 13.6. The van der Waals surface area contributed by atoms with Crippen molar-refractivity contribution in [3.8, 4) is 21.9 Å². The number of aromatic nitrogens is 1. The Hall–Kier alpha value is -4.64. The molecule has 0 aliphatic heterocycles. The lowest BCUT2D eigenvalue weighted by molar-refractivity contribution is -0.133. The molecule has 0 spiro atoms. The fourth-order valence-electron chi connectivity index (χ4n) is 4.80. The summed E-state index contributed by atoms with van der Waals surface area (Å²) < 4.78 is 27.1. The van der Waals surface area contributed by atoms with Crippen LogP contribution in [0.2, 0.25) is 0 Å². The molecule has 8 nitrogen and oxygen atoms in total. The van der Waals surface area contributed by atoms with Crippen LogP contribution in [-0.2, 0) is 20.7 Å². The zero-order valence-corrected chi connectivity index (χ0v) is 27.8. The molecule has 2 aromatic heterocycles. The van der Waals surface area contributed by atoms with Gasteiger partial charge in [-0.15, -0.1) is 11.3 Å². The molecule has 1 aliphatic carbocycles. The number of thiophene rings is 1. The van der Waals surface area contributed by atoms with E-state index in [4.69, 9.17) is 9.47 Å². The van der Waals surface area contributed by atoms with Gasteiger partial charge in [0.25, 0.3) is 0 Å². The van der Waals surface area contributed by atoms with Gasteiger partial charge in [-0.3, -0.25) is 14.6 Å². The first-order valence-electron chi connectivity index (χ1n) is 15.6. The van der Waals surface area contributed by atoms with Crippen LogP contribution in [0.15, 0.2) is 97.9 Å². The van der Waals surface area contributed by atoms with Gasteiger partial charge in [0.2, 0.25) is 11.8 Å². The van der Waals surface area contributed by atoms with E-state index in [1.54, 1.807) is 31.5 Å². The van der Waals surface area contributed by atoms with Crippen molar-refractivity contribution >= 4 is 39.1 Å². The third-order valence-corrected chi connectivity index (χ3v) is 8.65. The second kappa shape index (κ2) is 16.8. The highest BCUT2D eigenvalue weighted by Crippen LogP contribution is 2.47. The number of allylic oxidation sites excluding steroid dienone is 3. The molecule has 0 saturated heterocycles. The van der Waals surface area contributed by atoms with E-state index in [1.807, 2.05) is 26.0 Å². The number of nitrogens with one attached hydrogen (secondary N) is 3. The summed E-state index contributed by atoms with van der Waals surface area (Å²) in [5, 5.41) is 8.74. The molecule has 1 fully saturated rings. The van der Waals surface area contributed by atoms with Crippen LogP contribution in [-0.4, -0.2) is 43.6 Å². The Labute approximate surface area is 279 Å². The van der Waals surface area contributed by atoms with Gasteiger partial charge in [-0.2, -0.15) is 0 Å². The largest absolute Gasteiger partial charge is 0.453 e. The van der Waals surface area contributed by atoms with Gasteiger partial charge in [0.05, 0.1) is 16.8 Å². The molecule has 1 aliphatic rings. The lowest BCUT2D eigenvalue weighted by Gasteiger charge is -2.16. The minimum atomic E-state index is -1.21. The van der Waals surface area contributed by atoms with Crippen LogP contribution in [0.1, 0.15) is 32.3 Å². The second-order valence-electron chi connectivity index (χ2n) is 10.6. The van der Waals surface area contributed by atoms with Crippen LogP contribution in [0.4, 0.5) is 10.1 Å². The Kier molecular flexibility index (Phi) is 12.6. The predicted octanol–water partition coefficient (Wildman–Crippen LogP) is 7.79. The number of hydrogen-bond acceptors (Lipinski definition) is 7. The molecule has 2 heterocycles. The number of fused-ring (bicyclic) bond motifs is 1. The molecule has 246 valence electrons. The number of amides is 2. The highest BCUT2D eigenvalue weighted by atomic mass is 32.1. The average Bonchev–Trinajstić information content (AvgIpc) is 3.79. The molecular weight excluding hydrogens is 615 g/mol. The monoisotopic (exact) mass is 656 g/mol. The van der Waals surface area contributed by atoms with Gasteiger partial charge >= 0.3 is 0 Å². The summed E-state index contributed by atoms with van der Waals surface area (Å²) in [5.41, 5.74) is 2.49. The number of nitrogens with zero attached hydrogens (tertiary/aromatic N) is 1. The maximum absolute atomic E-state index is 15.2. The minimum Gasteiger partial charge on any atom is -0.453 e. The topological polar surface area (TPSA) is 102 Å². The van der Waals surface area contributed by atoms with E-state index in [0.717, 1.165) is 40.2 Å². The Balaban J connectivity index is 0.00000245. The van der Waals surface area contributed by atoms with Crippen molar-refractivity contribution in [3.63, 3.8) is 0 Å². The molecule has 0 atom stereocenters. The summed E-state index contributed by atoms with van der Waals surface area (Å²) in [6.07, 6.45) is 7.88. The van der Waals surface area contributed by atoms with E-state index < -0.39 is 23.0 Å². The number of halogens is 1. The first-order valence-corrected chi connectivity index (χ1v) is 16.4. The van der Waals surface area contributed by atoms with Crippen LogP contribution < -0.4 is 20.7 Å². The number of hydrogen-bond donors (Lipinski definition) is 3. The van der Waals surface area contributed by atoms with Crippen LogP contribution in [0.3, 0.4) is 0 Å². The lowest BCUT2D eigenvalue weighted by atomic mass is 10.0.